The third-order valence-corrected chi connectivity index (χ3v) is 5.28. The number of nitrogens with zero attached hydrogens (tertiary/aromatic N) is 2. The van der Waals surface area contributed by atoms with Crippen LogP contribution in [-0.2, 0) is 11.2 Å². The molecule has 4 rings (SSSR count). The Morgan fingerprint density at radius 2 is 2.17 bits per heavy atom. The Bertz CT molecular complexity index is 870. The molecule has 4 nitrogen and oxygen atoms in total. The fourth-order valence-corrected chi connectivity index (χ4v) is 4.11. The van der Waals surface area contributed by atoms with Gasteiger partial charge in [0.2, 0.25) is 5.91 Å². The van der Waals surface area contributed by atoms with Crippen molar-refractivity contribution in [1.82, 2.24) is 4.98 Å². The molecule has 1 N–H and O–H groups in total. The molecular formula is C19H19N3OS. The number of anilines is 2. The van der Waals surface area contributed by atoms with E-state index in [-0.39, 0.29) is 5.91 Å². The minimum Gasteiger partial charge on any atom is -0.362 e. The third-order valence-electron chi connectivity index (χ3n) is 4.32. The van der Waals surface area contributed by atoms with Crippen LogP contribution < -0.4 is 10.2 Å². The zero-order valence-corrected chi connectivity index (χ0v) is 14.4. The summed E-state index contributed by atoms with van der Waals surface area (Å²) in [5.41, 5.74) is 4.73. The topological polar surface area (TPSA) is 45.2 Å². The Morgan fingerprint density at radius 1 is 1.29 bits per heavy atom. The summed E-state index contributed by atoms with van der Waals surface area (Å²) < 4.78 is 1.09. The Kier molecular flexibility index (Phi) is 3.94. The minimum absolute atomic E-state index is 0.0116. The highest BCUT2D eigenvalue weighted by atomic mass is 32.1. The first-order valence-electron chi connectivity index (χ1n) is 8.19. The van der Waals surface area contributed by atoms with Crippen molar-refractivity contribution in [2.45, 2.75) is 19.8 Å². The van der Waals surface area contributed by atoms with Gasteiger partial charge >= 0.3 is 0 Å². The Hall–Kier alpha value is -2.40. The second-order valence-electron chi connectivity index (χ2n) is 6.19. The number of rotatable bonds is 3. The van der Waals surface area contributed by atoms with E-state index in [1.54, 1.807) is 0 Å². The number of amides is 1. The molecule has 2 heterocycles. The van der Waals surface area contributed by atoms with Crippen LogP contribution in [0.15, 0.2) is 42.5 Å². The number of para-hydroxylation sites is 1. The molecule has 0 radical (unpaired) electrons. The van der Waals surface area contributed by atoms with E-state index in [0.717, 1.165) is 29.6 Å². The highest BCUT2D eigenvalue weighted by Gasteiger charge is 2.19. The standard InChI is InChI=1S/C19H19N3OS/c1-13-8-9-16-14(11-13)5-4-10-22(16)12-18(23)21-19-20-15-6-2-3-7-17(15)24-19/h2-3,6-9,11H,4-5,10,12H2,1H3,(H,20,21,23). The van der Waals surface area contributed by atoms with Crippen molar-refractivity contribution in [3.05, 3.63) is 53.6 Å². The molecule has 0 saturated heterocycles. The minimum atomic E-state index is -0.0116. The molecule has 1 aliphatic heterocycles. The third kappa shape index (κ3) is 2.99. The molecule has 1 amide bonds. The van der Waals surface area contributed by atoms with Crippen LogP contribution in [0.2, 0.25) is 0 Å². The van der Waals surface area contributed by atoms with Crippen LogP contribution in [0.25, 0.3) is 10.2 Å². The average Bonchev–Trinajstić information content (AvgIpc) is 2.96. The number of thiazole rings is 1. The number of hydrogen-bond acceptors (Lipinski definition) is 4. The largest absolute Gasteiger partial charge is 0.362 e. The van der Waals surface area contributed by atoms with Gasteiger partial charge in [0.15, 0.2) is 5.13 Å². The number of nitrogens with one attached hydrogen (secondary N) is 1. The Balaban J connectivity index is 1.49. The molecule has 122 valence electrons. The van der Waals surface area contributed by atoms with Crippen molar-refractivity contribution < 1.29 is 4.79 Å². The van der Waals surface area contributed by atoms with Gasteiger partial charge in [-0.2, -0.15) is 0 Å². The van der Waals surface area contributed by atoms with Crippen molar-refractivity contribution >= 4 is 38.3 Å². The van der Waals surface area contributed by atoms with Gasteiger partial charge in [0.1, 0.15) is 0 Å². The summed E-state index contributed by atoms with van der Waals surface area (Å²) in [4.78, 5) is 19.1. The van der Waals surface area contributed by atoms with Gasteiger partial charge in [0.05, 0.1) is 16.8 Å². The first kappa shape index (κ1) is 15.1. The fourth-order valence-electron chi connectivity index (χ4n) is 3.23. The van der Waals surface area contributed by atoms with E-state index in [0.29, 0.717) is 11.7 Å². The highest BCUT2D eigenvalue weighted by molar-refractivity contribution is 7.22. The maximum atomic E-state index is 12.4. The summed E-state index contributed by atoms with van der Waals surface area (Å²) in [6.45, 7) is 3.40. The summed E-state index contributed by atoms with van der Waals surface area (Å²) in [6, 6.07) is 14.4. The molecule has 0 bridgehead atoms. The van der Waals surface area contributed by atoms with Gasteiger partial charge in [0, 0.05) is 12.2 Å². The van der Waals surface area contributed by atoms with Crippen LogP contribution in [0, 0.1) is 6.92 Å². The monoisotopic (exact) mass is 337 g/mol. The maximum Gasteiger partial charge on any atom is 0.245 e. The SMILES string of the molecule is Cc1ccc2c(c1)CCCN2CC(=O)Nc1nc2ccccc2s1. The highest BCUT2D eigenvalue weighted by Crippen LogP contribution is 2.28. The van der Waals surface area contributed by atoms with E-state index in [1.165, 1.54) is 28.2 Å². The lowest BCUT2D eigenvalue weighted by molar-refractivity contribution is -0.115. The van der Waals surface area contributed by atoms with E-state index in [2.05, 4.69) is 40.3 Å². The van der Waals surface area contributed by atoms with Crippen LogP contribution in [0.4, 0.5) is 10.8 Å². The van der Waals surface area contributed by atoms with E-state index in [9.17, 15) is 4.79 Å². The molecule has 0 saturated carbocycles. The lowest BCUT2D eigenvalue weighted by atomic mass is 9.99. The van der Waals surface area contributed by atoms with Gasteiger partial charge in [-0.15, -0.1) is 0 Å². The van der Waals surface area contributed by atoms with Gasteiger partial charge in [-0.3, -0.25) is 4.79 Å². The number of carbonyl (C=O) groups excluding carboxylic acids is 1. The van der Waals surface area contributed by atoms with Gasteiger partial charge in [0.25, 0.3) is 0 Å². The van der Waals surface area contributed by atoms with Crippen molar-refractivity contribution in [2.75, 3.05) is 23.3 Å². The van der Waals surface area contributed by atoms with Crippen molar-refractivity contribution in [1.29, 1.82) is 0 Å². The molecule has 0 aliphatic carbocycles. The lowest BCUT2D eigenvalue weighted by Crippen LogP contribution is -2.36. The Morgan fingerprint density at radius 3 is 3.04 bits per heavy atom. The van der Waals surface area contributed by atoms with E-state index >= 15 is 0 Å². The van der Waals surface area contributed by atoms with Crippen molar-refractivity contribution in [3.63, 3.8) is 0 Å². The summed E-state index contributed by atoms with van der Waals surface area (Å²) in [7, 11) is 0. The molecule has 1 aliphatic rings. The van der Waals surface area contributed by atoms with Crippen molar-refractivity contribution in [2.24, 2.45) is 0 Å². The zero-order valence-electron chi connectivity index (χ0n) is 13.6. The second-order valence-corrected chi connectivity index (χ2v) is 7.22. The first-order valence-corrected chi connectivity index (χ1v) is 9.00. The second kappa shape index (κ2) is 6.24. The average molecular weight is 337 g/mol. The number of hydrogen-bond donors (Lipinski definition) is 1. The number of benzene rings is 2. The molecule has 0 atom stereocenters. The van der Waals surface area contributed by atoms with Crippen LogP contribution in [0.1, 0.15) is 17.5 Å². The van der Waals surface area contributed by atoms with Crippen molar-refractivity contribution in [3.8, 4) is 0 Å². The molecular weight excluding hydrogens is 318 g/mol. The van der Waals surface area contributed by atoms with Crippen LogP contribution >= 0.6 is 11.3 Å². The number of aryl methyl sites for hydroxylation is 2. The molecule has 24 heavy (non-hydrogen) atoms. The normalized spacial score (nSPS) is 13.8. The maximum absolute atomic E-state index is 12.4. The summed E-state index contributed by atoms with van der Waals surface area (Å²) in [5, 5.41) is 3.62. The molecule has 0 fully saturated rings. The van der Waals surface area contributed by atoms with Gasteiger partial charge < -0.3 is 10.2 Å². The van der Waals surface area contributed by atoms with Gasteiger partial charge in [-0.05, 0) is 43.5 Å². The molecule has 0 spiro atoms. The smallest absolute Gasteiger partial charge is 0.245 e. The molecule has 0 unspecified atom stereocenters. The summed E-state index contributed by atoms with van der Waals surface area (Å²) in [6.07, 6.45) is 2.18. The zero-order chi connectivity index (χ0) is 16.5. The fraction of sp³-hybridized carbons (Fsp3) is 0.263. The van der Waals surface area contributed by atoms with E-state index in [1.807, 2.05) is 24.3 Å². The van der Waals surface area contributed by atoms with E-state index < -0.39 is 0 Å². The quantitative estimate of drug-likeness (QED) is 0.786. The van der Waals surface area contributed by atoms with E-state index in [4.69, 9.17) is 0 Å². The number of carbonyl (C=O) groups is 1. The molecule has 3 aromatic rings. The number of fused-ring (bicyclic) bond motifs is 2. The summed E-state index contributed by atoms with van der Waals surface area (Å²) >= 11 is 1.51. The molecule has 5 heteroatoms. The summed E-state index contributed by atoms with van der Waals surface area (Å²) in [5.74, 6) is -0.0116. The van der Waals surface area contributed by atoms with Crippen LogP contribution in [0.3, 0.4) is 0 Å². The molecule has 1 aromatic heterocycles. The Labute approximate surface area is 145 Å². The first-order chi connectivity index (χ1) is 11.7. The predicted molar refractivity (Wildman–Crippen MR) is 100.0 cm³/mol. The van der Waals surface area contributed by atoms with Crippen LogP contribution in [0.5, 0.6) is 0 Å². The van der Waals surface area contributed by atoms with Gasteiger partial charge in [-0.25, -0.2) is 4.98 Å². The lowest BCUT2D eigenvalue weighted by Gasteiger charge is -2.30. The van der Waals surface area contributed by atoms with Crippen LogP contribution in [-0.4, -0.2) is 24.0 Å². The molecule has 2 aromatic carbocycles. The predicted octanol–water partition coefficient (Wildman–Crippen LogP) is 4.00. The number of aromatic nitrogens is 1. The van der Waals surface area contributed by atoms with Gasteiger partial charge in [-0.1, -0.05) is 41.2 Å².